The highest BCUT2D eigenvalue weighted by molar-refractivity contribution is 7.14. The molecule has 0 radical (unpaired) electrons. The van der Waals surface area contributed by atoms with Gasteiger partial charge in [-0.15, -0.1) is 11.3 Å². The Labute approximate surface area is 136 Å². The zero-order valence-electron chi connectivity index (χ0n) is 12.2. The van der Waals surface area contributed by atoms with E-state index in [9.17, 15) is 9.90 Å². The number of aliphatic hydroxyl groups excluding tert-OH is 1. The number of carbonyl (C=O) groups is 1. The summed E-state index contributed by atoms with van der Waals surface area (Å²) in [5.74, 6) is 1.02. The van der Waals surface area contributed by atoms with Gasteiger partial charge >= 0.3 is 6.03 Å². The van der Waals surface area contributed by atoms with Gasteiger partial charge in [-0.25, -0.2) is 4.79 Å². The monoisotopic (exact) mass is 338 g/mol. The molecule has 118 valence electrons. The van der Waals surface area contributed by atoms with Crippen LogP contribution >= 0.6 is 22.9 Å². The molecule has 2 amide bonds. The summed E-state index contributed by atoms with van der Waals surface area (Å²) >= 11 is 2.77. The molecule has 2 aromatic heterocycles. The van der Waals surface area contributed by atoms with E-state index in [1.54, 1.807) is 11.3 Å². The van der Waals surface area contributed by atoms with Gasteiger partial charge in [0.25, 0.3) is 0 Å². The van der Waals surface area contributed by atoms with Crippen molar-refractivity contribution in [2.24, 2.45) is 5.92 Å². The summed E-state index contributed by atoms with van der Waals surface area (Å²) < 4.78 is 4.29. The molecule has 8 heteroatoms. The third-order valence-corrected chi connectivity index (χ3v) is 5.42. The molecule has 2 aromatic rings. The molecule has 0 aliphatic heterocycles. The molecule has 22 heavy (non-hydrogen) atoms. The Morgan fingerprint density at radius 1 is 1.50 bits per heavy atom. The van der Waals surface area contributed by atoms with Gasteiger partial charge < -0.3 is 10.4 Å². The molecule has 3 N–H and O–H groups in total. The molecule has 0 unspecified atom stereocenters. The quantitative estimate of drug-likeness (QED) is 0.800. The van der Waals surface area contributed by atoms with E-state index in [2.05, 4.69) is 20.0 Å². The number of aromatic nitrogens is 2. The van der Waals surface area contributed by atoms with Gasteiger partial charge in [-0.2, -0.15) is 9.36 Å². The van der Waals surface area contributed by atoms with E-state index in [0.29, 0.717) is 23.4 Å². The summed E-state index contributed by atoms with van der Waals surface area (Å²) in [5.41, 5.74) is 1.14. The van der Waals surface area contributed by atoms with Crippen molar-refractivity contribution < 1.29 is 9.90 Å². The molecule has 1 aliphatic rings. The summed E-state index contributed by atoms with van der Waals surface area (Å²) in [6.07, 6.45) is 2.34. The Hall–Kier alpha value is -1.51. The van der Waals surface area contributed by atoms with E-state index in [-0.39, 0.29) is 12.1 Å². The Morgan fingerprint density at radius 3 is 3.05 bits per heavy atom. The number of aliphatic hydroxyl groups is 1. The second-order valence-corrected chi connectivity index (χ2v) is 7.19. The van der Waals surface area contributed by atoms with Crippen LogP contribution < -0.4 is 10.6 Å². The molecule has 2 heterocycles. The lowest BCUT2D eigenvalue weighted by Crippen LogP contribution is -2.32. The second-order valence-electron chi connectivity index (χ2n) is 5.52. The maximum Gasteiger partial charge on any atom is 0.321 e. The van der Waals surface area contributed by atoms with Crippen molar-refractivity contribution in [1.82, 2.24) is 14.7 Å². The Kier molecular flexibility index (Phi) is 4.70. The number of hydrogen-bond donors (Lipinski definition) is 3. The van der Waals surface area contributed by atoms with Gasteiger partial charge in [-0.3, -0.25) is 5.32 Å². The fraction of sp³-hybridized carbons (Fsp3) is 0.500. The van der Waals surface area contributed by atoms with Crippen LogP contribution in [0.2, 0.25) is 0 Å². The normalized spacial score (nSPS) is 21.0. The van der Waals surface area contributed by atoms with E-state index in [4.69, 9.17) is 0 Å². The number of carbonyl (C=O) groups excluding carboxylic acids is 1. The minimum Gasteiger partial charge on any atom is -0.393 e. The van der Waals surface area contributed by atoms with E-state index in [0.717, 1.165) is 29.7 Å². The van der Waals surface area contributed by atoms with Gasteiger partial charge in [-0.05, 0) is 49.1 Å². The largest absolute Gasteiger partial charge is 0.393 e. The molecule has 1 aliphatic carbocycles. The van der Waals surface area contributed by atoms with Crippen molar-refractivity contribution in [3.05, 3.63) is 17.0 Å². The van der Waals surface area contributed by atoms with Gasteiger partial charge in [0, 0.05) is 18.1 Å². The minimum atomic E-state index is -0.271. The number of nitrogens with one attached hydrogen (secondary N) is 2. The van der Waals surface area contributed by atoms with Crippen LogP contribution in [0.3, 0.4) is 0 Å². The van der Waals surface area contributed by atoms with E-state index >= 15 is 0 Å². The summed E-state index contributed by atoms with van der Waals surface area (Å²) in [6.45, 7) is 2.60. The van der Waals surface area contributed by atoms with Gasteiger partial charge in [0.2, 0.25) is 5.13 Å². The van der Waals surface area contributed by atoms with Crippen LogP contribution in [0.1, 0.15) is 24.8 Å². The summed E-state index contributed by atoms with van der Waals surface area (Å²) in [7, 11) is 0. The Balaban J connectivity index is 1.52. The number of amides is 2. The standard InChI is InChI=1S/C14H18N4O2S2/c1-8-4-5-21-11(8)12-16-14(22-18-12)17-13(20)15-7-9-2-3-10(19)6-9/h4-5,9-10,19H,2-3,6-7H2,1H3,(H2,15,16,17,18,20)/t9-,10+/m1/s1. The number of urea groups is 1. The molecule has 3 rings (SSSR count). The lowest BCUT2D eigenvalue weighted by atomic mass is 10.1. The number of anilines is 1. The molecule has 2 atom stereocenters. The fourth-order valence-corrected chi connectivity index (χ4v) is 4.07. The molecule has 1 fully saturated rings. The van der Waals surface area contributed by atoms with Crippen molar-refractivity contribution in [3.63, 3.8) is 0 Å². The molecule has 6 nitrogen and oxygen atoms in total. The molecule has 0 spiro atoms. The predicted octanol–water partition coefficient (Wildman–Crippen LogP) is 2.86. The van der Waals surface area contributed by atoms with Crippen molar-refractivity contribution >= 4 is 34.0 Å². The first-order valence-corrected chi connectivity index (χ1v) is 8.88. The highest BCUT2D eigenvalue weighted by Crippen LogP contribution is 2.29. The first kappa shape index (κ1) is 15.4. The van der Waals surface area contributed by atoms with Gasteiger partial charge in [0.15, 0.2) is 5.82 Å². The smallest absolute Gasteiger partial charge is 0.321 e. The van der Waals surface area contributed by atoms with Gasteiger partial charge in [-0.1, -0.05) is 0 Å². The van der Waals surface area contributed by atoms with Crippen LogP contribution in [0.25, 0.3) is 10.7 Å². The van der Waals surface area contributed by atoms with Crippen molar-refractivity contribution in [1.29, 1.82) is 0 Å². The molecular weight excluding hydrogens is 320 g/mol. The highest BCUT2D eigenvalue weighted by Gasteiger charge is 2.23. The second kappa shape index (κ2) is 6.72. The third-order valence-electron chi connectivity index (χ3n) is 3.78. The van der Waals surface area contributed by atoms with Gasteiger partial charge in [0.1, 0.15) is 0 Å². The van der Waals surface area contributed by atoms with Crippen LogP contribution in [-0.2, 0) is 0 Å². The van der Waals surface area contributed by atoms with Crippen LogP contribution in [0.4, 0.5) is 9.93 Å². The van der Waals surface area contributed by atoms with Crippen LogP contribution in [0, 0.1) is 12.8 Å². The molecular formula is C14H18N4O2S2. The van der Waals surface area contributed by atoms with E-state index in [1.807, 2.05) is 18.4 Å². The van der Waals surface area contributed by atoms with Crippen LogP contribution in [-0.4, -0.2) is 33.1 Å². The average molecular weight is 338 g/mol. The number of rotatable bonds is 4. The van der Waals surface area contributed by atoms with Crippen LogP contribution in [0.5, 0.6) is 0 Å². The van der Waals surface area contributed by atoms with Crippen molar-refractivity contribution in [2.75, 3.05) is 11.9 Å². The SMILES string of the molecule is Cc1ccsc1-c1nsc(NC(=O)NC[C@@H]2CC[C@H](O)C2)n1. The lowest BCUT2D eigenvalue weighted by molar-refractivity contribution is 0.177. The first-order valence-electron chi connectivity index (χ1n) is 7.23. The molecule has 0 aromatic carbocycles. The molecule has 0 bridgehead atoms. The summed E-state index contributed by atoms with van der Waals surface area (Å²) in [5, 5.41) is 17.5. The number of hydrogen-bond acceptors (Lipinski definition) is 6. The Bertz CT molecular complexity index is 655. The van der Waals surface area contributed by atoms with Gasteiger partial charge in [0.05, 0.1) is 11.0 Å². The van der Waals surface area contributed by atoms with E-state index < -0.39 is 0 Å². The summed E-state index contributed by atoms with van der Waals surface area (Å²) in [4.78, 5) is 17.3. The average Bonchev–Trinajstić information content (AvgIpc) is 3.18. The summed E-state index contributed by atoms with van der Waals surface area (Å²) in [6, 6.07) is 1.75. The minimum absolute atomic E-state index is 0.213. The maximum absolute atomic E-state index is 11.9. The zero-order chi connectivity index (χ0) is 15.5. The highest BCUT2D eigenvalue weighted by atomic mass is 32.1. The van der Waals surface area contributed by atoms with Crippen LogP contribution in [0.15, 0.2) is 11.4 Å². The fourth-order valence-electron chi connectivity index (χ4n) is 2.58. The zero-order valence-corrected chi connectivity index (χ0v) is 13.8. The number of nitrogens with zero attached hydrogens (tertiary/aromatic N) is 2. The van der Waals surface area contributed by atoms with E-state index in [1.165, 1.54) is 11.5 Å². The maximum atomic E-state index is 11.9. The number of thiophene rings is 1. The predicted molar refractivity (Wildman–Crippen MR) is 88.3 cm³/mol. The third kappa shape index (κ3) is 3.63. The number of aryl methyl sites for hydroxylation is 1. The molecule has 0 saturated heterocycles. The Morgan fingerprint density at radius 2 is 2.36 bits per heavy atom. The van der Waals surface area contributed by atoms with Crippen molar-refractivity contribution in [2.45, 2.75) is 32.3 Å². The lowest BCUT2D eigenvalue weighted by Gasteiger charge is -2.10. The topological polar surface area (TPSA) is 87.1 Å². The van der Waals surface area contributed by atoms with Crippen molar-refractivity contribution in [3.8, 4) is 10.7 Å². The molecule has 1 saturated carbocycles. The first-order chi connectivity index (χ1) is 10.6.